The predicted octanol–water partition coefficient (Wildman–Crippen LogP) is 4.22. The molecule has 0 atom stereocenters. The molecule has 0 unspecified atom stereocenters. The quantitative estimate of drug-likeness (QED) is 0.503. The Balaban J connectivity index is 1.56. The average molecular weight is 439 g/mol. The number of carbonyl (C=O) groups excluding carboxylic acids is 2. The minimum absolute atomic E-state index is 0.00517. The summed E-state index contributed by atoms with van der Waals surface area (Å²) in [6, 6.07) is 17.0. The molecule has 3 aromatic rings. The van der Waals surface area contributed by atoms with Crippen LogP contribution in [0, 0.1) is 5.82 Å². The number of ether oxygens (including phenoxy) is 4. The zero-order valence-electron chi connectivity index (χ0n) is 17.6. The SMILES string of the molecule is COc1ccc(NC(=O)COc2ccc(C(=O)OCc3ccc(F)cc3)cc2OC)cc1. The van der Waals surface area contributed by atoms with Gasteiger partial charge in [0, 0.05) is 5.69 Å². The Bertz CT molecular complexity index is 1070. The maximum absolute atomic E-state index is 13.0. The molecule has 0 saturated carbocycles. The van der Waals surface area contributed by atoms with Crippen molar-refractivity contribution in [3.05, 3.63) is 83.7 Å². The molecular weight excluding hydrogens is 417 g/mol. The summed E-state index contributed by atoms with van der Waals surface area (Å²) in [5.41, 5.74) is 1.51. The third-order valence-corrected chi connectivity index (χ3v) is 4.42. The summed E-state index contributed by atoms with van der Waals surface area (Å²) in [4.78, 5) is 24.5. The highest BCUT2D eigenvalue weighted by atomic mass is 19.1. The van der Waals surface area contributed by atoms with Crippen LogP contribution >= 0.6 is 0 Å². The summed E-state index contributed by atoms with van der Waals surface area (Å²) in [6.07, 6.45) is 0. The first-order chi connectivity index (χ1) is 15.5. The van der Waals surface area contributed by atoms with Gasteiger partial charge in [-0.15, -0.1) is 0 Å². The minimum Gasteiger partial charge on any atom is -0.497 e. The fourth-order valence-corrected chi connectivity index (χ4v) is 2.74. The maximum Gasteiger partial charge on any atom is 0.338 e. The van der Waals surface area contributed by atoms with Gasteiger partial charge in [-0.2, -0.15) is 0 Å². The summed E-state index contributed by atoms with van der Waals surface area (Å²) in [5.74, 6) is -0.0410. The second kappa shape index (κ2) is 10.8. The lowest BCUT2D eigenvalue weighted by Crippen LogP contribution is -2.20. The molecule has 0 spiro atoms. The molecule has 0 heterocycles. The van der Waals surface area contributed by atoms with Crippen LogP contribution in [0.1, 0.15) is 15.9 Å². The van der Waals surface area contributed by atoms with Crippen molar-refractivity contribution in [1.29, 1.82) is 0 Å². The molecule has 0 bridgehead atoms. The third kappa shape index (κ3) is 6.21. The number of amides is 1. The van der Waals surface area contributed by atoms with Gasteiger partial charge in [0.2, 0.25) is 0 Å². The molecule has 8 heteroatoms. The molecule has 1 N–H and O–H groups in total. The smallest absolute Gasteiger partial charge is 0.338 e. The lowest BCUT2D eigenvalue weighted by molar-refractivity contribution is -0.118. The van der Waals surface area contributed by atoms with Crippen molar-refractivity contribution in [3.63, 3.8) is 0 Å². The van der Waals surface area contributed by atoms with Crippen molar-refractivity contribution in [2.75, 3.05) is 26.1 Å². The normalized spacial score (nSPS) is 10.2. The number of anilines is 1. The molecule has 1 amide bonds. The fourth-order valence-electron chi connectivity index (χ4n) is 2.74. The number of esters is 1. The summed E-state index contributed by atoms with van der Waals surface area (Å²) >= 11 is 0. The highest BCUT2D eigenvalue weighted by Gasteiger charge is 2.14. The van der Waals surface area contributed by atoms with Crippen LogP contribution in [-0.4, -0.2) is 32.7 Å². The van der Waals surface area contributed by atoms with Gasteiger partial charge >= 0.3 is 5.97 Å². The Morgan fingerprint density at radius 3 is 2.25 bits per heavy atom. The molecule has 0 aliphatic rings. The number of hydrogen-bond donors (Lipinski definition) is 1. The van der Waals surface area contributed by atoms with E-state index >= 15 is 0 Å². The first-order valence-corrected chi connectivity index (χ1v) is 9.65. The van der Waals surface area contributed by atoms with E-state index < -0.39 is 5.97 Å². The lowest BCUT2D eigenvalue weighted by Gasteiger charge is -2.12. The monoisotopic (exact) mass is 439 g/mol. The molecule has 0 aliphatic heterocycles. The molecular formula is C24H22FNO6. The number of benzene rings is 3. The van der Waals surface area contributed by atoms with Crippen LogP contribution in [0.2, 0.25) is 0 Å². The molecule has 166 valence electrons. The van der Waals surface area contributed by atoms with Gasteiger partial charge in [0.15, 0.2) is 18.1 Å². The van der Waals surface area contributed by atoms with Crippen LogP contribution in [0.3, 0.4) is 0 Å². The summed E-state index contributed by atoms with van der Waals surface area (Å²) < 4.78 is 34.1. The van der Waals surface area contributed by atoms with Gasteiger partial charge in [0.25, 0.3) is 5.91 Å². The first-order valence-electron chi connectivity index (χ1n) is 9.65. The zero-order valence-corrected chi connectivity index (χ0v) is 17.6. The van der Waals surface area contributed by atoms with Gasteiger partial charge in [-0.3, -0.25) is 4.79 Å². The van der Waals surface area contributed by atoms with E-state index in [4.69, 9.17) is 18.9 Å². The van der Waals surface area contributed by atoms with Crippen molar-refractivity contribution in [3.8, 4) is 17.2 Å². The van der Waals surface area contributed by atoms with Gasteiger partial charge in [0.05, 0.1) is 19.8 Å². The fraction of sp³-hybridized carbons (Fsp3) is 0.167. The van der Waals surface area contributed by atoms with Crippen molar-refractivity contribution in [2.24, 2.45) is 0 Å². The van der Waals surface area contributed by atoms with Crippen molar-refractivity contribution in [2.45, 2.75) is 6.61 Å². The number of rotatable bonds is 9. The highest BCUT2D eigenvalue weighted by Crippen LogP contribution is 2.28. The second-order valence-electron chi connectivity index (χ2n) is 6.63. The van der Waals surface area contributed by atoms with Crippen molar-refractivity contribution >= 4 is 17.6 Å². The van der Waals surface area contributed by atoms with E-state index in [-0.39, 0.29) is 36.3 Å². The van der Waals surface area contributed by atoms with Crippen LogP contribution in [0.5, 0.6) is 17.2 Å². The molecule has 0 aromatic heterocycles. The van der Waals surface area contributed by atoms with Crippen LogP contribution in [0.15, 0.2) is 66.7 Å². The topological polar surface area (TPSA) is 83.1 Å². The standard InChI is InChI=1S/C24H22FNO6/c1-29-20-10-8-19(9-11-20)26-23(27)15-31-21-12-5-17(13-22(21)30-2)24(28)32-14-16-3-6-18(25)7-4-16/h3-13H,14-15H2,1-2H3,(H,26,27). The largest absolute Gasteiger partial charge is 0.497 e. The van der Waals surface area contributed by atoms with E-state index in [9.17, 15) is 14.0 Å². The van der Waals surface area contributed by atoms with Crippen LogP contribution in [0.4, 0.5) is 10.1 Å². The van der Waals surface area contributed by atoms with E-state index in [2.05, 4.69) is 5.32 Å². The Kier molecular flexibility index (Phi) is 7.64. The second-order valence-corrected chi connectivity index (χ2v) is 6.63. The van der Waals surface area contributed by atoms with E-state index in [1.54, 1.807) is 31.4 Å². The Morgan fingerprint density at radius 2 is 1.59 bits per heavy atom. The number of methoxy groups -OCH3 is 2. The van der Waals surface area contributed by atoms with E-state index in [1.165, 1.54) is 49.6 Å². The van der Waals surface area contributed by atoms with Gasteiger partial charge in [-0.05, 0) is 60.2 Å². The minimum atomic E-state index is -0.573. The molecule has 0 aliphatic carbocycles. The Morgan fingerprint density at radius 1 is 0.875 bits per heavy atom. The summed E-state index contributed by atoms with van der Waals surface area (Å²) in [6.45, 7) is -0.248. The maximum atomic E-state index is 13.0. The number of nitrogens with one attached hydrogen (secondary N) is 1. The van der Waals surface area contributed by atoms with E-state index in [1.807, 2.05) is 0 Å². The van der Waals surface area contributed by atoms with E-state index in [0.717, 1.165) is 0 Å². The van der Waals surface area contributed by atoms with Crippen molar-refractivity contribution in [1.82, 2.24) is 0 Å². The molecule has 0 saturated heterocycles. The van der Waals surface area contributed by atoms with E-state index in [0.29, 0.717) is 22.7 Å². The van der Waals surface area contributed by atoms with Gasteiger partial charge in [-0.1, -0.05) is 12.1 Å². The zero-order chi connectivity index (χ0) is 22.9. The molecule has 7 nitrogen and oxygen atoms in total. The molecule has 3 aromatic carbocycles. The lowest BCUT2D eigenvalue weighted by atomic mass is 10.2. The van der Waals surface area contributed by atoms with Gasteiger partial charge < -0.3 is 24.3 Å². The highest BCUT2D eigenvalue weighted by molar-refractivity contribution is 5.92. The number of hydrogen-bond acceptors (Lipinski definition) is 6. The van der Waals surface area contributed by atoms with Crippen LogP contribution in [0.25, 0.3) is 0 Å². The van der Waals surface area contributed by atoms with Crippen LogP contribution in [-0.2, 0) is 16.1 Å². The molecule has 0 fully saturated rings. The average Bonchev–Trinajstić information content (AvgIpc) is 2.82. The summed E-state index contributed by atoms with van der Waals surface area (Å²) in [5, 5.41) is 2.71. The number of halogens is 1. The summed E-state index contributed by atoms with van der Waals surface area (Å²) in [7, 11) is 2.98. The molecule has 32 heavy (non-hydrogen) atoms. The predicted molar refractivity (Wildman–Crippen MR) is 116 cm³/mol. The van der Waals surface area contributed by atoms with Gasteiger partial charge in [0.1, 0.15) is 18.2 Å². The van der Waals surface area contributed by atoms with Crippen LogP contribution < -0.4 is 19.5 Å². The Hall–Kier alpha value is -4.07. The third-order valence-electron chi connectivity index (χ3n) is 4.42. The number of carbonyl (C=O) groups is 2. The van der Waals surface area contributed by atoms with Gasteiger partial charge in [-0.25, -0.2) is 9.18 Å². The molecule has 3 rings (SSSR count). The van der Waals surface area contributed by atoms with Crippen molar-refractivity contribution < 1.29 is 32.9 Å². The Labute approximate surface area is 184 Å². The molecule has 0 radical (unpaired) electrons. The first kappa shape index (κ1) is 22.6.